The molecule has 0 fully saturated rings. The summed E-state index contributed by atoms with van der Waals surface area (Å²) in [4.78, 5) is 23.9. The molecule has 0 saturated carbocycles. The van der Waals surface area contributed by atoms with Crippen LogP contribution in [0.15, 0.2) is 51.7 Å². The lowest BCUT2D eigenvalue weighted by molar-refractivity contribution is -0.138. The molecule has 0 spiro atoms. The molecular weight excluding hydrogens is 396 g/mol. The predicted octanol–water partition coefficient (Wildman–Crippen LogP) is 4.53. The quantitative estimate of drug-likeness (QED) is 0.335. The van der Waals surface area contributed by atoms with Crippen molar-refractivity contribution in [2.45, 2.75) is 13.5 Å². The first-order valence-electron chi connectivity index (χ1n) is 8.71. The molecule has 0 N–H and O–H groups in total. The van der Waals surface area contributed by atoms with Crippen LogP contribution in [-0.2, 0) is 16.1 Å². The van der Waals surface area contributed by atoms with E-state index in [1.165, 1.54) is 19.3 Å². The van der Waals surface area contributed by atoms with Crippen LogP contribution in [0.25, 0.3) is 17.0 Å². The van der Waals surface area contributed by atoms with E-state index in [2.05, 4.69) is 0 Å². The Balaban J connectivity index is 1.75. The Morgan fingerprint density at radius 1 is 1.10 bits per heavy atom. The van der Waals surface area contributed by atoms with Gasteiger partial charge in [0, 0.05) is 28.1 Å². The Bertz CT molecular complexity index is 1150. The number of fused-ring (bicyclic) bond motifs is 1. The molecule has 150 valence electrons. The molecular formula is C22H19ClO6. The van der Waals surface area contributed by atoms with E-state index in [-0.39, 0.29) is 6.61 Å². The molecule has 3 rings (SSSR count). The van der Waals surface area contributed by atoms with Gasteiger partial charge in [-0.3, -0.25) is 0 Å². The number of aryl methyl sites for hydroxylation is 1. The summed E-state index contributed by atoms with van der Waals surface area (Å²) in [6.07, 6.45) is 2.90. The maximum absolute atomic E-state index is 12.1. The van der Waals surface area contributed by atoms with Gasteiger partial charge in [0.2, 0.25) is 0 Å². The first kappa shape index (κ1) is 20.5. The first-order valence-corrected chi connectivity index (χ1v) is 9.09. The van der Waals surface area contributed by atoms with E-state index in [1.807, 2.05) is 6.92 Å². The highest BCUT2D eigenvalue weighted by molar-refractivity contribution is 6.32. The Labute approximate surface area is 172 Å². The van der Waals surface area contributed by atoms with Gasteiger partial charge in [-0.15, -0.1) is 0 Å². The molecule has 0 atom stereocenters. The smallest absolute Gasteiger partial charge is 0.336 e. The molecule has 0 aliphatic heterocycles. The van der Waals surface area contributed by atoms with Crippen molar-refractivity contribution < 1.29 is 23.4 Å². The summed E-state index contributed by atoms with van der Waals surface area (Å²) in [5.74, 6) is 0.591. The van der Waals surface area contributed by atoms with Crippen LogP contribution < -0.4 is 15.1 Å². The third-order valence-corrected chi connectivity index (χ3v) is 4.71. The molecule has 1 heterocycles. The molecule has 3 aromatic rings. The van der Waals surface area contributed by atoms with Gasteiger partial charge in [0.15, 0.2) is 11.5 Å². The van der Waals surface area contributed by atoms with Gasteiger partial charge in [-0.05, 0) is 48.4 Å². The van der Waals surface area contributed by atoms with E-state index in [0.717, 1.165) is 11.1 Å². The van der Waals surface area contributed by atoms with E-state index >= 15 is 0 Å². The number of methoxy groups -OCH3 is 2. The van der Waals surface area contributed by atoms with Crippen LogP contribution in [0.4, 0.5) is 0 Å². The van der Waals surface area contributed by atoms with E-state index < -0.39 is 11.6 Å². The second-order valence-corrected chi connectivity index (χ2v) is 6.65. The summed E-state index contributed by atoms with van der Waals surface area (Å²) >= 11 is 6.17. The molecule has 6 nitrogen and oxygen atoms in total. The highest BCUT2D eigenvalue weighted by atomic mass is 35.5. The fourth-order valence-corrected chi connectivity index (χ4v) is 2.95. The topological polar surface area (TPSA) is 75.0 Å². The number of rotatable bonds is 6. The summed E-state index contributed by atoms with van der Waals surface area (Å²) in [7, 11) is 3.08. The summed E-state index contributed by atoms with van der Waals surface area (Å²) in [5, 5.41) is 1.16. The van der Waals surface area contributed by atoms with Gasteiger partial charge < -0.3 is 18.6 Å². The lowest BCUT2D eigenvalue weighted by Gasteiger charge is -2.08. The van der Waals surface area contributed by atoms with Crippen molar-refractivity contribution in [3.63, 3.8) is 0 Å². The Kier molecular flexibility index (Phi) is 6.24. The van der Waals surface area contributed by atoms with Gasteiger partial charge in [-0.25, -0.2) is 9.59 Å². The molecule has 0 aliphatic carbocycles. The molecule has 0 amide bonds. The Hall–Kier alpha value is -3.25. The zero-order valence-electron chi connectivity index (χ0n) is 16.2. The molecule has 0 radical (unpaired) electrons. The number of carbonyl (C=O) groups excluding carboxylic acids is 1. The summed E-state index contributed by atoms with van der Waals surface area (Å²) < 4.78 is 20.9. The SMILES string of the molecule is COc1ccc(/C=C/C(=O)OCc2cc(=O)oc3cc(C)c(Cl)cc23)cc1OC. The van der Waals surface area contributed by atoms with Crippen LogP contribution in [0.2, 0.25) is 5.02 Å². The number of carbonyl (C=O) groups is 1. The maximum atomic E-state index is 12.1. The van der Waals surface area contributed by atoms with Crippen LogP contribution in [0.5, 0.6) is 11.5 Å². The zero-order valence-corrected chi connectivity index (χ0v) is 16.9. The molecule has 29 heavy (non-hydrogen) atoms. The average molecular weight is 415 g/mol. The van der Waals surface area contributed by atoms with Crippen LogP contribution in [0, 0.1) is 6.92 Å². The van der Waals surface area contributed by atoms with Gasteiger partial charge in [-0.2, -0.15) is 0 Å². The summed E-state index contributed by atoms with van der Waals surface area (Å²) in [6, 6.07) is 9.93. The second kappa shape index (κ2) is 8.84. The maximum Gasteiger partial charge on any atom is 0.336 e. The van der Waals surface area contributed by atoms with Crippen molar-refractivity contribution >= 4 is 34.6 Å². The monoisotopic (exact) mass is 414 g/mol. The van der Waals surface area contributed by atoms with Crippen LogP contribution >= 0.6 is 11.6 Å². The molecule has 0 aliphatic rings. The minimum Gasteiger partial charge on any atom is -0.493 e. The number of hydrogen-bond acceptors (Lipinski definition) is 6. The minimum absolute atomic E-state index is 0.0867. The highest BCUT2D eigenvalue weighted by Crippen LogP contribution is 2.28. The summed E-state index contributed by atoms with van der Waals surface area (Å²) in [5.41, 5.74) is 1.92. The molecule has 2 aromatic carbocycles. The highest BCUT2D eigenvalue weighted by Gasteiger charge is 2.10. The standard InChI is InChI=1S/C22H19ClO6/c1-13-8-19-16(11-17(13)23)15(10-22(25)29-19)12-28-21(24)7-5-14-4-6-18(26-2)20(9-14)27-3/h4-11H,12H2,1-3H3/b7-5+. The number of hydrogen-bond donors (Lipinski definition) is 0. The van der Waals surface area contributed by atoms with Crippen LogP contribution in [0.1, 0.15) is 16.7 Å². The number of ether oxygens (including phenoxy) is 3. The van der Waals surface area contributed by atoms with Crippen molar-refractivity contribution in [1.29, 1.82) is 0 Å². The van der Waals surface area contributed by atoms with Crippen molar-refractivity contribution in [2.75, 3.05) is 14.2 Å². The van der Waals surface area contributed by atoms with Crippen molar-refractivity contribution in [1.82, 2.24) is 0 Å². The minimum atomic E-state index is -0.556. The molecule has 0 saturated heterocycles. The van der Waals surface area contributed by atoms with E-state index in [9.17, 15) is 9.59 Å². The number of halogens is 1. The number of esters is 1. The van der Waals surface area contributed by atoms with Crippen LogP contribution in [0.3, 0.4) is 0 Å². The van der Waals surface area contributed by atoms with E-state index in [0.29, 0.717) is 33.1 Å². The van der Waals surface area contributed by atoms with Gasteiger partial charge in [0.05, 0.1) is 14.2 Å². The molecule has 0 bridgehead atoms. The molecule has 7 heteroatoms. The summed E-state index contributed by atoms with van der Waals surface area (Å²) in [6.45, 7) is 1.73. The van der Waals surface area contributed by atoms with Crippen LogP contribution in [-0.4, -0.2) is 20.2 Å². The second-order valence-electron chi connectivity index (χ2n) is 6.24. The van der Waals surface area contributed by atoms with Crippen molar-refractivity contribution in [3.05, 3.63) is 74.6 Å². The van der Waals surface area contributed by atoms with Crippen molar-refractivity contribution in [3.8, 4) is 11.5 Å². The molecule has 1 aromatic heterocycles. The van der Waals surface area contributed by atoms with Gasteiger partial charge in [0.25, 0.3) is 0 Å². The predicted molar refractivity (Wildman–Crippen MR) is 111 cm³/mol. The number of benzene rings is 2. The third-order valence-electron chi connectivity index (χ3n) is 4.30. The van der Waals surface area contributed by atoms with E-state index in [4.69, 9.17) is 30.2 Å². The first-order chi connectivity index (χ1) is 13.9. The fraction of sp³-hybridized carbons (Fsp3) is 0.182. The molecule has 0 unspecified atom stereocenters. The lowest BCUT2D eigenvalue weighted by atomic mass is 10.1. The zero-order chi connectivity index (χ0) is 21.0. The fourth-order valence-electron chi connectivity index (χ4n) is 2.79. The largest absolute Gasteiger partial charge is 0.493 e. The average Bonchev–Trinajstić information content (AvgIpc) is 2.71. The Morgan fingerprint density at radius 3 is 2.59 bits per heavy atom. The van der Waals surface area contributed by atoms with Gasteiger partial charge >= 0.3 is 11.6 Å². The van der Waals surface area contributed by atoms with Gasteiger partial charge in [0.1, 0.15) is 12.2 Å². The van der Waals surface area contributed by atoms with Gasteiger partial charge in [-0.1, -0.05) is 17.7 Å². The Morgan fingerprint density at radius 2 is 1.86 bits per heavy atom. The lowest BCUT2D eigenvalue weighted by Crippen LogP contribution is -2.06. The normalized spacial score (nSPS) is 11.0. The van der Waals surface area contributed by atoms with Crippen molar-refractivity contribution in [2.24, 2.45) is 0 Å². The van der Waals surface area contributed by atoms with E-state index in [1.54, 1.807) is 43.5 Å². The third kappa shape index (κ3) is 4.78.